The van der Waals surface area contributed by atoms with Crippen LogP contribution in [-0.4, -0.2) is 5.91 Å². The van der Waals surface area contributed by atoms with Gasteiger partial charge in [0.25, 0.3) is 0 Å². The molecule has 0 spiro atoms. The van der Waals surface area contributed by atoms with Gasteiger partial charge < -0.3 is 5.32 Å². The minimum atomic E-state index is -0.391. The zero-order valence-corrected chi connectivity index (χ0v) is 10.1. The van der Waals surface area contributed by atoms with Gasteiger partial charge in [-0.3, -0.25) is 4.79 Å². The molecule has 1 aromatic rings. The number of nitrogens with one attached hydrogen (secondary N) is 1. The van der Waals surface area contributed by atoms with Gasteiger partial charge in [0.15, 0.2) is 0 Å². The average molecular weight is 244 g/mol. The van der Waals surface area contributed by atoms with Crippen LogP contribution in [0.25, 0.3) is 0 Å². The van der Waals surface area contributed by atoms with E-state index >= 15 is 0 Å². The summed E-state index contributed by atoms with van der Waals surface area (Å²) in [4.78, 5) is 11.3. The van der Waals surface area contributed by atoms with Crippen molar-refractivity contribution in [3.8, 4) is 0 Å². The van der Waals surface area contributed by atoms with Crippen molar-refractivity contribution in [2.24, 2.45) is 5.92 Å². The lowest BCUT2D eigenvalue weighted by Gasteiger charge is -2.08. The van der Waals surface area contributed by atoms with E-state index in [-0.39, 0.29) is 12.5 Å². The first-order valence-corrected chi connectivity index (χ1v) is 5.57. The summed E-state index contributed by atoms with van der Waals surface area (Å²) in [7, 11) is 0. The Morgan fingerprint density at radius 3 is 2.75 bits per heavy atom. The summed E-state index contributed by atoms with van der Waals surface area (Å²) in [5.41, 5.74) is 0.446. The smallest absolute Gasteiger partial charge is 0.220 e. The maximum absolute atomic E-state index is 13.3. The molecule has 0 bridgehead atoms. The SMILES string of the molecule is CC(C)CC(=O)NCc1ccc(Cl)cc1F. The zero-order chi connectivity index (χ0) is 12.1. The van der Waals surface area contributed by atoms with Gasteiger partial charge in [-0.25, -0.2) is 4.39 Å². The number of carbonyl (C=O) groups is 1. The van der Waals surface area contributed by atoms with Crippen molar-refractivity contribution in [2.75, 3.05) is 0 Å². The van der Waals surface area contributed by atoms with Crippen LogP contribution in [0.1, 0.15) is 25.8 Å². The molecule has 4 heteroatoms. The van der Waals surface area contributed by atoms with Gasteiger partial charge in [-0.2, -0.15) is 0 Å². The Morgan fingerprint density at radius 1 is 1.50 bits per heavy atom. The predicted octanol–water partition coefficient (Wildman–Crippen LogP) is 3.14. The second-order valence-electron chi connectivity index (χ2n) is 4.11. The van der Waals surface area contributed by atoms with Crippen LogP contribution in [0.2, 0.25) is 5.02 Å². The predicted molar refractivity (Wildman–Crippen MR) is 62.7 cm³/mol. The van der Waals surface area contributed by atoms with Crippen molar-refractivity contribution >= 4 is 17.5 Å². The van der Waals surface area contributed by atoms with E-state index in [4.69, 9.17) is 11.6 Å². The standard InChI is InChI=1S/C12H15ClFNO/c1-8(2)5-12(16)15-7-9-3-4-10(13)6-11(9)14/h3-4,6,8H,5,7H2,1-2H3,(H,15,16). The van der Waals surface area contributed by atoms with Gasteiger partial charge in [0.05, 0.1) is 0 Å². The van der Waals surface area contributed by atoms with Gasteiger partial charge in [0.1, 0.15) is 5.82 Å². The van der Waals surface area contributed by atoms with Gasteiger partial charge in [-0.1, -0.05) is 31.5 Å². The molecule has 0 aliphatic heterocycles. The Morgan fingerprint density at radius 2 is 2.19 bits per heavy atom. The molecule has 1 amide bonds. The lowest BCUT2D eigenvalue weighted by atomic mass is 10.1. The molecule has 1 rings (SSSR count). The number of hydrogen-bond donors (Lipinski definition) is 1. The molecule has 0 aromatic heterocycles. The van der Waals surface area contributed by atoms with Crippen molar-refractivity contribution in [3.05, 3.63) is 34.6 Å². The van der Waals surface area contributed by atoms with Crippen LogP contribution >= 0.6 is 11.6 Å². The first kappa shape index (κ1) is 13.0. The van der Waals surface area contributed by atoms with E-state index in [2.05, 4.69) is 5.32 Å². The maximum Gasteiger partial charge on any atom is 0.220 e. The molecule has 0 aliphatic rings. The van der Waals surface area contributed by atoms with Crippen LogP contribution < -0.4 is 5.32 Å². The fraction of sp³-hybridized carbons (Fsp3) is 0.417. The minimum Gasteiger partial charge on any atom is -0.352 e. The highest BCUT2D eigenvalue weighted by Gasteiger charge is 2.07. The third kappa shape index (κ3) is 4.19. The summed E-state index contributed by atoms with van der Waals surface area (Å²) < 4.78 is 13.3. The van der Waals surface area contributed by atoms with Crippen LogP contribution in [0, 0.1) is 11.7 Å². The van der Waals surface area contributed by atoms with E-state index in [1.807, 2.05) is 13.8 Å². The lowest BCUT2D eigenvalue weighted by Crippen LogP contribution is -2.24. The monoisotopic (exact) mass is 243 g/mol. The van der Waals surface area contributed by atoms with Crippen molar-refractivity contribution in [1.82, 2.24) is 5.32 Å². The Bertz CT molecular complexity index is 379. The fourth-order valence-electron chi connectivity index (χ4n) is 1.30. The molecular formula is C12H15ClFNO. The van der Waals surface area contributed by atoms with Crippen LogP contribution in [0.3, 0.4) is 0 Å². The summed E-state index contributed by atoms with van der Waals surface area (Å²) >= 11 is 5.62. The molecule has 88 valence electrons. The van der Waals surface area contributed by atoms with E-state index in [1.54, 1.807) is 12.1 Å². The normalized spacial score (nSPS) is 10.6. The van der Waals surface area contributed by atoms with Gasteiger partial charge in [-0.05, 0) is 18.1 Å². The molecule has 16 heavy (non-hydrogen) atoms. The maximum atomic E-state index is 13.3. The van der Waals surface area contributed by atoms with Crippen molar-refractivity contribution in [3.63, 3.8) is 0 Å². The molecule has 0 atom stereocenters. The first-order valence-electron chi connectivity index (χ1n) is 5.19. The summed E-state index contributed by atoms with van der Waals surface area (Å²) in [5.74, 6) is -0.156. The van der Waals surface area contributed by atoms with Crippen LogP contribution in [-0.2, 0) is 11.3 Å². The zero-order valence-electron chi connectivity index (χ0n) is 9.39. The summed E-state index contributed by atoms with van der Waals surface area (Å²) in [6, 6.07) is 4.42. The van der Waals surface area contributed by atoms with Gasteiger partial charge >= 0.3 is 0 Å². The molecule has 0 fully saturated rings. The van der Waals surface area contributed by atoms with Gasteiger partial charge in [0.2, 0.25) is 5.91 Å². The molecule has 0 saturated heterocycles. The third-order valence-electron chi connectivity index (χ3n) is 2.08. The fourth-order valence-corrected chi connectivity index (χ4v) is 1.46. The van der Waals surface area contributed by atoms with E-state index in [1.165, 1.54) is 6.07 Å². The highest BCUT2D eigenvalue weighted by atomic mass is 35.5. The largest absolute Gasteiger partial charge is 0.352 e. The second-order valence-corrected chi connectivity index (χ2v) is 4.55. The van der Waals surface area contributed by atoms with E-state index in [9.17, 15) is 9.18 Å². The molecule has 0 saturated carbocycles. The molecule has 1 N–H and O–H groups in total. The van der Waals surface area contributed by atoms with Crippen LogP contribution in [0.5, 0.6) is 0 Å². The Labute approximate surface area is 99.8 Å². The highest BCUT2D eigenvalue weighted by molar-refractivity contribution is 6.30. The molecule has 0 radical (unpaired) electrons. The van der Waals surface area contributed by atoms with Gasteiger partial charge in [-0.15, -0.1) is 0 Å². The molecule has 0 heterocycles. The number of amides is 1. The summed E-state index contributed by atoms with van der Waals surface area (Å²) in [6.07, 6.45) is 0.454. The number of hydrogen-bond acceptors (Lipinski definition) is 1. The van der Waals surface area contributed by atoms with E-state index in [0.29, 0.717) is 22.9 Å². The van der Waals surface area contributed by atoms with Crippen molar-refractivity contribution in [2.45, 2.75) is 26.8 Å². The van der Waals surface area contributed by atoms with E-state index < -0.39 is 5.82 Å². The molecule has 0 unspecified atom stereocenters. The van der Waals surface area contributed by atoms with Crippen molar-refractivity contribution in [1.29, 1.82) is 0 Å². The molecule has 1 aromatic carbocycles. The van der Waals surface area contributed by atoms with Crippen LogP contribution in [0.15, 0.2) is 18.2 Å². The molecular weight excluding hydrogens is 229 g/mol. The average Bonchev–Trinajstić information content (AvgIpc) is 2.15. The third-order valence-corrected chi connectivity index (χ3v) is 2.32. The molecule has 0 aliphatic carbocycles. The molecule has 2 nitrogen and oxygen atoms in total. The highest BCUT2D eigenvalue weighted by Crippen LogP contribution is 2.14. The Hall–Kier alpha value is -1.09. The Kier molecular flexibility index (Phi) is 4.74. The number of carbonyl (C=O) groups excluding carboxylic acids is 1. The van der Waals surface area contributed by atoms with Crippen molar-refractivity contribution < 1.29 is 9.18 Å². The summed E-state index contributed by atoms with van der Waals surface area (Å²) in [6.45, 7) is 4.12. The van der Waals surface area contributed by atoms with Gasteiger partial charge in [0, 0.05) is 23.6 Å². The Balaban J connectivity index is 2.51. The second kappa shape index (κ2) is 5.85. The van der Waals surface area contributed by atoms with E-state index in [0.717, 1.165) is 0 Å². The summed E-state index contributed by atoms with van der Waals surface area (Å²) in [5, 5.41) is 3.02. The lowest BCUT2D eigenvalue weighted by molar-refractivity contribution is -0.121. The first-order chi connectivity index (χ1) is 7.49. The number of halogens is 2. The topological polar surface area (TPSA) is 29.1 Å². The quantitative estimate of drug-likeness (QED) is 0.865. The van der Waals surface area contributed by atoms with Crippen LogP contribution in [0.4, 0.5) is 4.39 Å². The minimum absolute atomic E-state index is 0.0654. The number of rotatable bonds is 4. The number of benzene rings is 1.